The minimum Gasteiger partial charge on any atom is -0.445 e. The molecule has 1 fully saturated rings. The number of carbonyl (C=O) groups excluding carboxylic acids is 4. The van der Waals surface area contributed by atoms with Gasteiger partial charge in [-0.1, -0.05) is 19.6 Å². The maximum Gasteiger partial charge on any atom is 0.410 e. The Bertz CT molecular complexity index is 690. The summed E-state index contributed by atoms with van der Waals surface area (Å²) in [4.78, 5) is 51.7. The van der Waals surface area contributed by atoms with Crippen LogP contribution < -0.4 is 16.0 Å². The molecule has 0 aromatic carbocycles. The zero-order chi connectivity index (χ0) is 23.8. The number of likely N-dealkylation sites (N-methyl/N-ethyl adjacent to an activating group) is 1. The number of likely N-dealkylation sites (tertiary alicyclic amines) is 1. The summed E-state index contributed by atoms with van der Waals surface area (Å²) in [7, 11) is 1.47. The van der Waals surface area contributed by atoms with Gasteiger partial charge in [0.15, 0.2) is 0 Å². The van der Waals surface area contributed by atoms with Crippen LogP contribution in [0.15, 0.2) is 12.7 Å². The Hall–Kier alpha value is -2.78. The first-order valence-corrected chi connectivity index (χ1v) is 10.4. The summed E-state index contributed by atoms with van der Waals surface area (Å²) in [5.41, 5.74) is -2.14. The van der Waals surface area contributed by atoms with Gasteiger partial charge in [-0.15, -0.1) is 0 Å². The van der Waals surface area contributed by atoms with Crippen LogP contribution in [0.25, 0.3) is 0 Å². The molecule has 0 aromatic rings. The summed E-state index contributed by atoms with van der Waals surface area (Å²) in [6.07, 6.45) is 0.903. The molecule has 0 bridgehead atoms. The predicted molar refractivity (Wildman–Crippen MR) is 115 cm³/mol. The lowest BCUT2D eigenvalue weighted by Crippen LogP contribution is -2.65. The van der Waals surface area contributed by atoms with Gasteiger partial charge in [-0.3, -0.25) is 9.59 Å². The predicted octanol–water partition coefficient (Wildman–Crippen LogP) is 1.56. The molecule has 1 saturated heterocycles. The summed E-state index contributed by atoms with van der Waals surface area (Å²) < 4.78 is 10.5. The molecule has 0 radical (unpaired) electrons. The lowest BCUT2D eigenvalue weighted by atomic mass is 9.80. The molecule has 0 aromatic heterocycles. The highest BCUT2D eigenvalue weighted by Gasteiger charge is 2.48. The van der Waals surface area contributed by atoms with Crippen molar-refractivity contribution in [2.24, 2.45) is 5.92 Å². The third-order valence-corrected chi connectivity index (χ3v) is 5.03. The molecule has 3 N–H and O–H groups in total. The van der Waals surface area contributed by atoms with Crippen LogP contribution in [0, 0.1) is 5.92 Å². The van der Waals surface area contributed by atoms with E-state index in [2.05, 4.69) is 22.5 Å². The first-order valence-electron chi connectivity index (χ1n) is 10.4. The molecule has 4 amide bonds. The first kappa shape index (κ1) is 26.3. The number of alkyl carbamates (subject to hydrolysis) is 1. The Kier molecular flexibility index (Phi) is 9.33. The standard InChI is InChI=1S/C21H36N4O6/c1-8-12-30-19(29)25-11-9-10-21(14(2)13-25,24-18(28)31-20(4,5)6)17(27)23-15(3)16(26)22-7/h8,14-15H,1,9-13H2,2-7H3,(H,22,26)(H,23,27)(H,24,28)/t14-,15+,21+/m1/s1. The fraction of sp³-hybridized carbons (Fsp3) is 0.714. The average Bonchev–Trinajstić information content (AvgIpc) is 2.83. The second-order valence-electron chi connectivity index (χ2n) is 8.72. The van der Waals surface area contributed by atoms with Crippen LogP contribution in [-0.4, -0.2) is 72.8 Å². The summed E-state index contributed by atoms with van der Waals surface area (Å²) in [6, 6.07) is -0.807. The van der Waals surface area contributed by atoms with Crippen molar-refractivity contribution in [1.29, 1.82) is 0 Å². The third-order valence-electron chi connectivity index (χ3n) is 5.03. The Morgan fingerprint density at radius 2 is 1.94 bits per heavy atom. The molecule has 1 aliphatic heterocycles. The van der Waals surface area contributed by atoms with Crippen LogP contribution in [-0.2, 0) is 19.1 Å². The van der Waals surface area contributed by atoms with Crippen molar-refractivity contribution < 1.29 is 28.7 Å². The molecule has 10 nitrogen and oxygen atoms in total. The molecule has 0 spiro atoms. The number of hydrogen-bond acceptors (Lipinski definition) is 6. The van der Waals surface area contributed by atoms with E-state index < -0.39 is 41.2 Å². The molecule has 0 aliphatic carbocycles. The van der Waals surface area contributed by atoms with Crippen LogP contribution in [0.2, 0.25) is 0 Å². The summed E-state index contributed by atoms with van der Waals surface area (Å²) in [5.74, 6) is -1.37. The Labute approximate surface area is 184 Å². The fourth-order valence-corrected chi connectivity index (χ4v) is 3.43. The van der Waals surface area contributed by atoms with Crippen molar-refractivity contribution in [3.05, 3.63) is 12.7 Å². The number of amides is 4. The van der Waals surface area contributed by atoms with Gasteiger partial charge in [-0.25, -0.2) is 9.59 Å². The number of hydrogen-bond donors (Lipinski definition) is 3. The summed E-state index contributed by atoms with van der Waals surface area (Å²) in [6.45, 7) is 12.6. The van der Waals surface area contributed by atoms with Gasteiger partial charge in [0.25, 0.3) is 0 Å². The van der Waals surface area contributed by atoms with Gasteiger partial charge < -0.3 is 30.3 Å². The zero-order valence-corrected chi connectivity index (χ0v) is 19.4. The van der Waals surface area contributed by atoms with Gasteiger partial charge >= 0.3 is 12.2 Å². The lowest BCUT2D eigenvalue weighted by Gasteiger charge is -2.38. The minimum absolute atomic E-state index is 0.0785. The second-order valence-corrected chi connectivity index (χ2v) is 8.72. The smallest absolute Gasteiger partial charge is 0.410 e. The van der Waals surface area contributed by atoms with Crippen molar-refractivity contribution in [3.63, 3.8) is 0 Å². The van der Waals surface area contributed by atoms with E-state index in [9.17, 15) is 19.2 Å². The second kappa shape index (κ2) is 11.0. The van der Waals surface area contributed by atoms with Gasteiger partial charge in [0.1, 0.15) is 23.8 Å². The number of carbonyl (C=O) groups is 4. The molecule has 176 valence electrons. The molecule has 0 saturated carbocycles. The molecule has 1 aliphatic rings. The fourth-order valence-electron chi connectivity index (χ4n) is 3.43. The highest BCUT2D eigenvalue weighted by atomic mass is 16.6. The maximum absolute atomic E-state index is 13.4. The monoisotopic (exact) mass is 440 g/mol. The minimum atomic E-state index is -1.38. The highest BCUT2D eigenvalue weighted by molar-refractivity contribution is 5.94. The zero-order valence-electron chi connectivity index (χ0n) is 19.4. The molecule has 3 atom stereocenters. The number of rotatable bonds is 6. The van der Waals surface area contributed by atoms with E-state index in [-0.39, 0.29) is 25.5 Å². The van der Waals surface area contributed by atoms with Crippen LogP contribution in [0.4, 0.5) is 9.59 Å². The topological polar surface area (TPSA) is 126 Å². The Morgan fingerprint density at radius 3 is 2.48 bits per heavy atom. The van der Waals surface area contributed by atoms with Gasteiger partial charge in [-0.05, 0) is 40.5 Å². The lowest BCUT2D eigenvalue weighted by molar-refractivity contribution is -0.134. The van der Waals surface area contributed by atoms with Crippen molar-refractivity contribution in [2.75, 3.05) is 26.7 Å². The number of nitrogens with zero attached hydrogens (tertiary/aromatic N) is 1. The highest BCUT2D eigenvalue weighted by Crippen LogP contribution is 2.29. The van der Waals surface area contributed by atoms with Crippen molar-refractivity contribution >= 4 is 24.0 Å². The molecular formula is C21H36N4O6. The molecule has 10 heteroatoms. The van der Waals surface area contributed by atoms with Crippen LogP contribution in [0.3, 0.4) is 0 Å². The quantitative estimate of drug-likeness (QED) is 0.538. The van der Waals surface area contributed by atoms with Gasteiger partial charge in [0, 0.05) is 26.1 Å². The van der Waals surface area contributed by atoms with Gasteiger partial charge in [0.2, 0.25) is 11.8 Å². The van der Waals surface area contributed by atoms with Crippen LogP contribution in [0.5, 0.6) is 0 Å². The molecular weight excluding hydrogens is 404 g/mol. The Morgan fingerprint density at radius 1 is 1.29 bits per heavy atom. The molecule has 1 rings (SSSR count). The SMILES string of the molecule is C=CCOC(=O)N1CCC[C@@](NC(=O)OC(C)(C)C)(C(=O)N[C@@H](C)C(=O)NC)[C@H](C)C1. The van der Waals surface area contributed by atoms with E-state index in [4.69, 9.17) is 9.47 Å². The van der Waals surface area contributed by atoms with Crippen molar-refractivity contribution in [3.8, 4) is 0 Å². The van der Waals surface area contributed by atoms with Gasteiger partial charge in [-0.2, -0.15) is 0 Å². The van der Waals surface area contributed by atoms with Crippen LogP contribution >= 0.6 is 0 Å². The van der Waals surface area contributed by atoms with Crippen LogP contribution in [0.1, 0.15) is 47.5 Å². The van der Waals surface area contributed by atoms with E-state index in [0.717, 1.165) is 0 Å². The normalized spacial score (nSPS) is 22.4. The van der Waals surface area contributed by atoms with E-state index in [0.29, 0.717) is 13.0 Å². The Balaban J connectivity index is 3.17. The molecule has 0 unspecified atom stereocenters. The summed E-state index contributed by atoms with van der Waals surface area (Å²) >= 11 is 0. The van der Waals surface area contributed by atoms with E-state index >= 15 is 0 Å². The number of nitrogens with one attached hydrogen (secondary N) is 3. The number of ether oxygens (including phenoxy) is 2. The first-order chi connectivity index (χ1) is 14.4. The third kappa shape index (κ3) is 7.45. The largest absolute Gasteiger partial charge is 0.445 e. The molecule has 1 heterocycles. The summed E-state index contributed by atoms with van der Waals surface area (Å²) in [5, 5.41) is 7.90. The average molecular weight is 441 g/mol. The van der Waals surface area contributed by atoms with E-state index in [1.54, 1.807) is 34.6 Å². The maximum atomic E-state index is 13.4. The van der Waals surface area contributed by atoms with Crippen molar-refractivity contribution in [1.82, 2.24) is 20.9 Å². The van der Waals surface area contributed by atoms with E-state index in [1.165, 1.54) is 18.0 Å². The van der Waals surface area contributed by atoms with Crippen molar-refractivity contribution in [2.45, 2.75) is 64.6 Å². The van der Waals surface area contributed by atoms with E-state index in [1.807, 2.05) is 0 Å². The van der Waals surface area contributed by atoms with Gasteiger partial charge in [0.05, 0.1) is 0 Å². The molecule has 31 heavy (non-hydrogen) atoms.